The van der Waals surface area contributed by atoms with Gasteiger partial charge in [-0.1, -0.05) is 30.4 Å². The average Bonchev–Trinajstić information content (AvgIpc) is 2.69. The van der Waals surface area contributed by atoms with Crippen molar-refractivity contribution in [1.29, 1.82) is 0 Å². The number of benzene rings is 1. The number of H-pyrrole nitrogens is 1. The van der Waals surface area contributed by atoms with Crippen LogP contribution in [0.1, 0.15) is 12.5 Å². The van der Waals surface area contributed by atoms with Gasteiger partial charge in [-0.2, -0.15) is 0 Å². The van der Waals surface area contributed by atoms with Gasteiger partial charge in [0, 0.05) is 23.2 Å². The van der Waals surface area contributed by atoms with E-state index < -0.39 is 5.97 Å². The molecule has 0 radical (unpaired) electrons. The number of aromatic amines is 1. The van der Waals surface area contributed by atoms with Gasteiger partial charge in [-0.15, -0.1) is 0 Å². The second-order valence-corrected chi connectivity index (χ2v) is 3.85. The van der Waals surface area contributed by atoms with Crippen molar-refractivity contribution in [2.75, 3.05) is 0 Å². The zero-order valence-electron chi connectivity index (χ0n) is 9.47. The number of carbonyl (C=O) groups is 1. The van der Waals surface area contributed by atoms with Crippen LogP contribution in [0.2, 0.25) is 0 Å². The molecular formula is C14H13NO2. The average molecular weight is 227 g/mol. The zero-order chi connectivity index (χ0) is 12.3. The van der Waals surface area contributed by atoms with Crippen LogP contribution in [0.5, 0.6) is 0 Å². The molecule has 0 atom stereocenters. The van der Waals surface area contributed by atoms with E-state index in [4.69, 9.17) is 5.11 Å². The molecule has 2 aromatic rings. The largest absolute Gasteiger partial charge is 0.478 e. The minimum atomic E-state index is -0.925. The number of fused-ring (bicyclic) bond motifs is 1. The lowest BCUT2D eigenvalue weighted by molar-refractivity contribution is -0.131. The lowest BCUT2D eigenvalue weighted by Gasteiger charge is -1.92. The Balaban J connectivity index is 2.30. The van der Waals surface area contributed by atoms with Gasteiger partial charge in [-0.25, -0.2) is 4.79 Å². The number of allylic oxidation sites excluding steroid dienone is 2. The highest BCUT2D eigenvalue weighted by atomic mass is 16.4. The van der Waals surface area contributed by atoms with Crippen LogP contribution < -0.4 is 0 Å². The van der Waals surface area contributed by atoms with E-state index in [0.717, 1.165) is 16.5 Å². The van der Waals surface area contributed by atoms with E-state index in [-0.39, 0.29) is 0 Å². The van der Waals surface area contributed by atoms with Crippen LogP contribution in [0, 0.1) is 0 Å². The third-order valence-electron chi connectivity index (χ3n) is 2.50. The molecule has 1 heterocycles. The standard InChI is InChI=1S/C14H13NO2/c1-10(8-14(16)17)6-7-11-9-15-13-5-3-2-4-12(11)13/h2-9,15H,1H3,(H,16,17)/b7-6+,10-8-. The van der Waals surface area contributed by atoms with Gasteiger partial charge in [-0.05, 0) is 24.1 Å². The van der Waals surface area contributed by atoms with Gasteiger partial charge in [0.25, 0.3) is 0 Å². The number of hydrogen-bond donors (Lipinski definition) is 2. The van der Waals surface area contributed by atoms with Gasteiger partial charge >= 0.3 is 5.97 Å². The summed E-state index contributed by atoms with van der Waals surface area (Å²) in [5.74, 6) is -0.925. The van der Waals surface area contributed by atoms with Crippen molar-refractivity contribution in [1.82, 2.24) is 4.98 Å². The predicted octanol–water partition coefficient (Wildman–Crippen LogP) is 3.21. The van der Waals surface area contributed by atoms with Crippen molar-refractivity contribution >= 4 is 22.9 Å². The molecule has 2 N–H and O–H groups in total. The molecule has 0 aliphatic heterocycles. The summed E-state index contributed by atoms with van der Waals surface area (Å²) in [7, 11) is 0. The predicted molar refractivity (Wildman–Crippen MR) is 68.7 cm³/mol. The minimum absolute atomic E-state index is 0.711. The molecule has 0 amide bonds. The van der Waals surface area contributed by atoms with Crippen molar-refractivity contribution < 1.29 is 9.90 Å². The molecule has 2 rings (SSSR count). The molecule has 3 nitrogen and oxygen atoms in total. The quantitative estimate of drug-likeness (QED) is 0.625. The molecule has 1 aromatic carbocycles. The molecule has 1 aromatic heterocycles. The summed E-state index contributed by atoms with van der Waals surface area (Å²) in [4.78, 5) is 13.6. The van der Waals surface area contributed by atoms with E-state index in [1.807, 2.05) is 36.5 Å². The Hall–Kier alpha value is -2.29. The SMILES string of the molecule is CC(=C/C(=O)O)/C=C/c1c[nH]c2ccccc12. The third kappa shape index (κ3) is 2.64. The van der Waals surface area contributed by atoms with Gasteiger partial charge < -0.3 is 10.1 Å². The molecule has 0 unspecified atom stereocenters. The van der Waals surface area contributed by atoms with Crippen LogP contribution in [-0.2, 0) is 4.79 Å². The van der Waals surface area contributed by atoms with E-state index >= 15 is 0 Å². The van der Waals surface area contributed by atoms with Crippen molar-refractivity contribution in [2.24, 2.45) is 0 Å². The highest BCUT2D eigenvalue weighted by molar-refractivity contribution is 5.89. The number of carboxylic acid groups (broad SMARTS) is 1. The smallest absolute Gasteiger partial charge is 0.328 e. The molecule has 17 heavy (non-hydrogen) atoms. The zero-order valence-corrected chi connectivity index (χ0v) is 9.47. The monoisotopic (exact) mass is 227 g/mol. The Morgan fingerprint density at radius 2 is 2.12 bits per heavy atom. The van der Waals surface area contributed by atoms with Gasteiger partial charge in [0.2, 0.25) is 0 Å². The van der Waals surface area contributed by atoms with Crippen LogP contribution in [0.3, 0.4) is 0 Å². The lowest BCUT2D eigenvalue weighted by Crippen LogP contribution is -1.87. The summed E-state index contributed by atoms with van der Waals surface area (Å²) in [6, 6.07) is 7.99. The number of hydrogen-bond acceptors (Lipinski definition) is 1. The molecule has 0 saturated heterocycles. The van der Waals surface area contributed by atoms with Crippen LogP contribution in [0.4, 0.5) is 0 Å². The molecular weight excluding hydrogens is 214 g/mol. The van der Waals surface area contributed by atoms with E-state index in [1.165, 1.54) is 6.08 Å². The molecule has 0 saturated carbocycles. The van der Waals surface area contributed by atoms with Crippen LogP contribution in [0.15, 0.2) is 48.2 Å². The summed E-state index contributed by atoms with van der Waals surface area (Å²) >= 11 is 0. The van der Waals surface area contributed by atoms with Crippen LogP contribution in [0.25, 0.3) is 17.0 Å². The second kappa shape index (κ2) is 4.70. The Kier molecular flexibility index (Phi) is 3.10. The highest BCUT2D eigenvalue weighted by Crippen LogP contribution is 2.19. The second-order valence-electron chi connectivity index (χ2n) is 3.85. The Labute approximate surface area is 99.1 Å². The topological polar surface area (TPSA) is 53.1 Å². The van der Waals surface area contributed by atoms with Gasteiger partial charge in [0.15, 0.2) is 0 Å². The fourth-order valence-electron chi connectivity index (χ4n) is 1.70. The molecule has 0 fully saturated rings. The molecule has 0 spiro atoms. The first-order valence-corrected chi connectivity index (χ1v) is 5.32. The fraction of sp³-hybridized carbons (Fsp3) is 0.0714. The van der Waals surface area contributed by atoms with Gasteiger partial charge in [0.05, 0.1) is 0 Å². The maximum atomic E-state index is 10.5. The van der Waals surface area contributed by atoms with Crippen LogP contribution >= 0.6 is 0 Å². The van der Waals surface area contributed by atoms with Gasteiger partial charge in [0.1, 0.15) is 0 Å². The fourth-order valence-corrected chi connectivity index (χ4v) is 1.70. The molecule has 86 valence electrons. The molecule has 0 aliphatic rings. The summed E-state index contributed by atoms with van der Waals surface area (Å²) in [5, 5.41) is 9.73. The van der Waals surface area contributed by atoms with Crippen molar-refractivity contribution in [3.05, 3.63) is 53.8 Å². The maximum Gasteiger partial charge on any atom is 0.328 e. The van der Waals surface area contributed by atoms with Crippen molar-refractivity contribution in [3.63, 3.8) is 0 Å². The normalized spacial score (nSPS) is 12.4. The third-order valence-corrected chi connectivity index (χ3v) is 2.50. The summed E-state index contributed by atoms with van der Waals surface area (Å²) < 4.78 is 0. The molecule has 0 aliphatic carbocycles. The number of para-hydroxylation sites is 1. The minimum Gasteiger partial charge on any atom is -0.478 e. The van der Waals surface area contributed by atoms with E-state index in [2.05, 4.69) is 4.98 Å². The van der Waals surface area contributed by atoms with Crippen molar-refractivity contribution in [3.8, 4) is 0 Å². The Morgan fingerprint density at radius 3 is 2.88 bits per heavy atom. The highest BCUT2D eigenvalue weighted by Gasteiger charge is 1.98. The Morgan fingerprint density at radius 1 is 1.35 bits per heavy atom. The van der Waals surface area contributed by atoms with Gasteiger partial charge in [-0.3, -0.25) is 0 Å². The van der Waals surface area contributed by atoms with Crippen molar-refractivity contribution in [2.45, 2.75) is 6.92 Å². The lowest BCUT2D eigenvalue weighted by atomic mass is 10.1. The summed E-state index contributed by atoms with van der Waals surface area (Å²) in [6.07, 6.45) is 6.80. The molecule has 3 heteroatoms. The van der Waals surface area contributed by atoms with Crippen LogP contribution in [-0.4, -0.2) is 16.1 Å². The maximum absolute atomic E-state index is 10.5. The first-order chi connectivity index (χ1) is 8.16. The van der Waals surface area contributed by atoms with E-state index in [9.17, 15) is 4.79 Å². The number of rotatable bonds is 3. The number of aromatic nitrogens is 1. The summed E-state index contributed by atoms with van der Waals surface area (Å²) in [6.45, 7) is 1.76. The molecule has 0 bridgehead atoms. The van der Waals surface area contributed by atoms with E-state index in [0.29, 0.717) is 5.57 Å². The first-order valence-electron chi connectivity index (χ1n) is 5.32. The first kappa shape index (κ1) is 11.2. The number of nitrogens with one attached hydrogen (secondary N) is 1. The number of aliphatic carboxylic acids is 1. The van der Waals surface area contributed by atoms with E-state index in [1.54, 1.807) is 13.0 Å². The summed E-state index contributed by atoms with van der Waals surface area (Å²) in [5.41, 5.74) is 2.84. The number of carboxylic acids is 1. The Bertz CT molecular complexity index is 605.